The summed E-state index contributed by atoms with van der Waals surface area (Å²) in [6.07, 6.45) is 4.29. The molecule has 1 N–H and O–H groups in total. The van der Waals surface area contributed by atoms with E-state index in [9.17, 15) is 0 Å². The first-order chi connectivity index (χ1) is 8.24. The molecule has 0 saturated carbocycles. The average Bonchev–Trinajstić information content (AvgIpc) is 2.79. The molecular formula is C13H23N3S. The Labute approximate surface area is 108 Å². The fourth-order valence-corrected chi connectivity index (χ4v) is 3.06. The maximum Gasteiger partial charge on any atom is 0.0937 e. The zero-order chi connectivity index (χ0) is 12.1. The second-order valence-electron chi connectivity index (χ2n) is 5.26. The van der Waals surface area contributed by atoms with Crippen molar-refractivity contribution in [2.75, 3.05) is 26.2 Å². The maximum atomic E-state index is 4.34. The normalized spacial score (nSPS) is 22.2. The van der Waals surface area contributed by atoms with Crippen molar-refractivity contribution >= 4 is 11.3 Å². The summed E-state index contributed by atoms with van der Waals surface area (Å²) in [4.78, 5) is 6.92. The van der Waals surface area contributed by atoms with Crippen LogP contribution in [0.4, 0.5) is 0 Å². The highest BCUT2D eigenvalue weighted by atomic mass is 32.1. The van der Waals surface area contributed by atoms with E-state index in [1.54, 1.807) is 11.3 Å². The van der Waals surface area contributed by atoms with E-state index in [0.717, 1.165) is 25.4 Å². The van der Waals surface area contributed by atoms with E-state index in [1.807, 2.05) is 6.20 Å². The van der Waals surface area contributed by atoms with E-state index in [2.05, 4.69) is 34.4 Å². The number of thiazole rings is 1. The van der Waals surface area contributed by atoms with Gasteiger partial charge in [-0.3, -0.25) is 0 Å². The van der Waals surface area contributed by atoms with Crippen LogP contribution in [-0.2, 0) is 6.42 Å². The molecule has 17 heavy (non-hydrogen) atoms. The minimum absolute atomic E-state index is 0.681. The number of nitrogens with zero attached hydrogens (tertiary/aromatic N) is 2. The summed E-state index contributed by atoms with van der Waals surface area (Å²) in [5.74, 6) is 0.784. The van der Waals surface area contributed by atoms with Gasteiger partial charge in [0.15, 0.2) is 0 Å². The molecule has 1 aromatic heterocycles. The molecule has 1 atom stereocenters. The van der Waals surface area contributed by atoms with E-state index in [0.29, 0.717) is 6.04 Å². The molecule has 1 unspecified atom stereocenters. The van der Waals surface area contributed by atoms with E-state index >= 15 is 0 Å². The fourth-order valence-electron chi connectivity index (χ4n) is 2.45. The van der Waals surface area contributed by atoms with Crippen molar-refractivity contribution in [3.63, 3.8) is 0 Å². The van der Waals surface area contributed by atoms with Crippen LogP contribution in [0.25, 0.3) is 0 Å². The Morgan fingerprint density at radius 1 is 1.59 bits per heavy atom. The van der Waals surface area contributed by atoms with Crippen molar-refractivity contribution in [3.05, 3.63) is 16.6 Å². The number of rotatable bonds is 5. The van der Waals surface area contributed by atoms with Crippen LogP contribution in [0.2, 0.25) is 0 Å². The van der Waals surface area contributed by atoms with E-state index in [-0.39, 0.29) is 0 Å². The molecule has 96 valence electrons. The SMILES string of the molecule is CC(C)CC1CN(CCc2nccs2)CCN1. The molecule has 0 aromatic carbocycles. The molecule has 0 aliphatic carbocycles. The maximum absolute atomic E-state index is 4.34. The Hall–Kier alpha value is -0.450. The highest BCUT2D eigenvalue weighted by Crippen LogP contribution is 2.11. The number of hydrogen-bond donors (Lipinski definition) is 1. The topological polar surface area (TPSA) is 28.2 Å². The van der Waals surface area contributed by atoms with Crippen LogP contribution in [-0.4, -0.2) is 42.1 Å². The molecule has 0 amide bonds. The summed E-state index contributed by atoms with van der Waals surface area (Å²) >= 11 is 1.77. The van der Waals surface area contributed by atoms with Gasteiger partial charge in [-0.25, -0.2) is 4.98 Å². The highest BCUT2D eigenvalue weighted by molar-refractivity contribution is 7.09. The third-order valence-electron chi connectivity index (χ3n) is 3.22. The zero-order valence-electron chi connectivity index (χ0n) is 10.9. The van der Waals surface area contributed by atoms with Crippen molar-refractivity contribution in [2.45, 2.75) is 32.7 Å². The van der Waals surface area contributed by atoms with Gasteiger partial charge in [-0.1, -0.05) is 13.8 Å². The standard InChI is InChI=1S/C13H23N3S/c1-11(2)9-12-10-16(7-4-14-12)6-3-13-15-5-8-17-13/h5,8,11-12,14H,3-4,6-7,9-10H2,1-2H3. The lowest BCUT2D eigenvalue weighted by Crippen LogP contribution is -2.51. The van der Waals surface area contributed by atoms with Crippen molar-refractivity contribution in [3.8, 4) is 0 Å². The first kappa shape index (κ1) is 13.0. The lowest BCUT2D eigenvalue weighted by atomic mass is 10.0. The van der Waals surface area contributed by atoms with Crippen molar-refractivity contribution in [1.82, 2.24) is 15.2 Å². The quantitative estimate of drug-likeness (QED) is 0.870. The Morgan fingerprint density at radius 2 is 2.47 bits per heavy atom. The smallest absolute Gasteiger partial charge is 0.0937 e. The highest BCUT2D eigenvalue weighted by Gasteiger charge is 2.19. The Morgan fingerprint density at radius 3 is 3.18 bits per heavy atom. The molecule has 2 rings (SSSR count). The predicted molar refractivity (Wildman–Crippen MR) is 73.5 cm³/mol. The summed E-state index contributed by atoms with van der Waals surface area (Å²) in [7, 11) is 0. The van der Waals surface area contributed by atoms with Crippen LogP contribution >= 0.6 is 11.3 Å². The largest absolute Gasteiger partial charge is 0.311 e. The molecule has 1 aromatic rings. The van der Waals surface area contributed by atoms with Gasteiger partial charge < -0.3 is 10.2 Å². The minimum Gasteiger partial charge on any atom is -0.311 e. The van der Waals surface area contributed by atoms with Gasteiger partial charge in [0.25, 0.3) is 0 Å². The number of nitrogens with one attached hydrogen (secondary N) is 1. The van der Waals surface area contributed by atoms with E-state index in [1.165, 1.54) is 24.5 Å². The molecule has 4 heteroatoms. The summed E-state index contributed by atoms with van der Waals surface area (Å²) in [6, 6.07) is 0.681. The van der Waals surface area contributed by atoms with Gasteiger partial charge in [0.05, 0.1) is 5.01 Å². The fraction of sp³-hybridized carbons (Fsp3) is 0.769. The second-order valence-corrected chi connectivity index (χ2v) is 6.24. The third kappa shape index (κ3) is 4.37. The molecule has 2 heterocycles. The zero-order valence-corrected chi connectivity index (χ0v) is 11.7. The Bertz CT molecular complexity index is 310. The van der Waals surface area contributed by atoms with Gasteiger partial charge in [-0.15, -0.1) is 11.3 Å². The van der Waals surface area contributed by atoms with E-state index < -0.39 is 0 Å². The Kier molecular flexibility index (Phi) is 4.95. The Balaban J connectivity index is 1.73. The van der Waals surface area contributed by atoms with Crippen molar-refractivity contribution in [1.29, 1.82) is 0 Å². The molecular weight excluding hydrogens is 230 g/mol. The number of aromatic nitrogens is 1. The van der Waals surface area contributed by atoms with E-state index in [4.69, 9.17) is 0 Å². The van der Waals surface area contributed by atoms with Crippen molar-refractivity contribution < 1.29 is 0 Å². The minimum atomic E-state index is 0.681. The van der Waals surface area contributed by atoms with Crippen LogP contribution < -0.4 is 5.32 Å². The molecule has 0 spiro atoms. The van der Waals surface area contributed by atoms with Gasteiger partial charge in [0, 0.05) is 50.2 Å². The van der Waals surface area contributed by atoms with Crippen LogP contribution in [0.3, 0.4) is 0 Å². The molecule has 1 saturated heterocycles. The number of piperazine rings is 1. The monoisotopic (exact) mass is 253 g/mol. The summed E-state index contributed by atoms with van der Waals surface area (Å²) in [5, 5.41) is 6.95. The van der Waals surface area contributed by atoms with Gasteiger partial charge in [-0.05, 0) is 12.3 Å². The first-order valence-corrected chi connectivity index (χ1v) is 7.46. The molecule has 1 fully saturated rings. The van der Waals surface area contributed by atoms with Crippen LogP contribution in [0, 0.1) is 5.92 Å². The van der Waals surface area contributed by atoms with Crippen LogP contribution in [0.15, 0.2) is 11.6 Å². The lowest BCUT2D eigenvalue weighted by molar-refractivity contribution is 0.188. The number of hydrogen-bond acceptors (Lipinski definition) is 4. The van der Waals surface area contributed by atoms with Gasteiger partial charge >= 0.3 is 0 Å². The molecule has 0 bridgehead atoms. The van der Waals surface area contributed by atoms with Crippen LogP contribution in [0.1, 0.15) is 25.3 Å². The van der Waals surface area contributed by atoms with Crippen molar-refractivity contribution in [2.24, 2.45) is 5.92 Å². The molecule has 3 nitrogen and oxygen atoms in total. The molecule has 0 radical (unpaired) electrons. The molecule has 1 aliphatic rings. The summed E-state index contributed by atoms with van der Waals surface area (Å²) in [5.41, 5.74) is 0. The van der Waals surface area contributed by atoms with Gasteiger partial charge in [-0.2, -0.15) is 0 Å². The lowest BCUT2D eigenvalue weighted by Gasteiger charge is -2.34. The third-order valence-corrected chi connectivity index (χ3v) is 4.06. The predicted octanol–water partition coefficient (Wildman–Crippen LogP) is 2.01. The second kappa shape index (κ2) is 6.47. The average molecular weight is 253 g/mol. The summed E-state index contributed by atoms with van der Waals surface area (Å²) < 4.78 is 0. The van der Waals surface area contributed by atoms with Crippen LogP contribution in [0.5, 0.6) is 0 Å². The van der Waals surface area contributed by atoms with Gasteiger partial charge in [0.1, 0.15) is 0 Å². The van der Waals surface area contributed by atoms with Gasteiger partial charge in [0.2, 0.25) is 0 Å². The summed E-state index contributed by atoms with van der Waals surface area (Å²) in [6.45, 7) is 9.27. The molecule has 1 aliphatic heterocycles. The first-order valence-electron chi connectivity index (χ1n) is 6.58.